The Bertz CT molecular complexity index is 867. The van der Waals surface area contributed by atoms with Crippen LogP contribution in [0, 0.1) is 0 Å². The number of ether oxygens (including phenoxy) is 1. The van der Waals surface area contributed by atoms with Crippen LogP contribution in [0.3, 0.4) is 0 Å². The van der Waals surface area contributed by atoms with Crippen LogP contribution in [-0.4, -0.2) is 34.3 Å². The van der Waals surface area contributed by atoms with Gasteiger partial charge in [0.1, 0.15) is 0 Å². The minimum Gasteiger partial charge on any atom is -0.462 e. The summed E-state index contributed by atoms with van der Waals surface area (Å²) in [6.45, 7) is 1.93. The number of anilines is 1. The average Bonchev–Trinajstić information content (AvgIpc) is 2.61. The lowest BCUT2D eigenvalue weighted by Crippen LogP contribution is -2.26. The number of carbonyl (C=O) groups is 1. The Balaban J connectivity index is 2.33. The lowest BCUT2D eigenvalue weighted by atomic mass is 10.2. The minimum absolute atomic E-state index is 0.135. The molecule has 134 valence electrons. The first-order valence-corrected chi connectivity index (χ1v) is 10.4. The Hall–Kier alpha value is -1.70. The number of benzene rings is 2. The Morgan fingerprint density at radius 2 is 1.84 bits per heavy atom. The van der Waals surface area contributed by atoms with Crippen molar-refractivity contribution >= 4 is 45.0 Å². The molecule has 0 aliphatic rings. The number of nitrogens with zero attached hydrogens (tertiary/aromatic N) is 1. The predicted molar refractivity (Wildman–Crippen MR) is 101 cm³/mol. The van der Waals surface area contributed by atoms with Gasteiger partial charge in [-0.05, 0) is 55.6 Å². The molecule has 0 radical (unpaired) electrons. The summed E-state index contributed by atoms with van der Waals surface area (Å²) in [6.07, 6.45) is 1.92. The van der Waals surface area contributed by atoms with Crippen molar-refractivity contribution in [3.8, 4) is 0 Å². The molecule has 0 unspecified atom stereocenters. The SMILES string of the molecule is CCOC(=O)c1ccc(N(C)S(=O)(=O)c2ccc(SC)cc2)cc1Cl. The Morgan fingerprint density at radius 3 is 2.36 bits per heavy atom. The number of thioether (sulfide) groups is 1. The summed E-state index contributed by atoms with van der Waals surface area (Å²) in [6, 6.07) is 11.0. The summed E-state index contributed by atoms with van der Waals surface area (Å²) < 4.78 is 31.5. The lowest BCUT2D eigenvalue weighted by Gasteiger charge is -2.20. The molecule has 0 aliphatic carbocycles. The minimum atomic E-state index is -3.73. The summed E-state index contributed by atoms with van der Waals surface area (Å²) in [4.78, 5) is 12.9. The summed E-state index contributed by atoms with van der Waals surface area (Å²) >= 11 is 7.65. The molecule has 0 aliphatic heterocycles. The van der Waals surface area contributed by atoms with Crippen LogP contribution in [0.1, 0.15) is 17.3 Å². The molecular weight excluding hydrogens is 382 g/mol. The molecule has 0 saturated carbocycles. The van der Waals surface area contributed by atoms with Gasteiger partial charge in [0.25, 0.3) is 10.0 Å². The molecule has 0 atom stereocenters. The zero-order valence-corrected chi connectivity index (χ0v) is 16.4. The maximum atomic E-state index is 12.7. The van der Waals surface area contributed by atoms with E-state index >= 15 is 0 Å². The van der Waals surface area contributed by atoms with Gasteiger partial charge < -0.3 is 4.74 Å². The van der Waals surface area contributed by atoms with Gasteiger partial charge in [-0.15, -0.1) is 11.8 Å². The average molecular weight is 400 g/mol. The fourth-order valence-corrected chi connectivity index (χ4v) is 3.97. The zero-order chi connectivity index (χ0) is 18.6. The number of rotatable bonds is 6. The summed E-state index contributed by atoms with van der Waals surface area (Å²) in [7, 11) is -2.29. The predicted octanol–water partition coefficient (Wildman–Crippen LogP) is 4.06. The molecule has 0 bridgehead atoms. The first-order valence-electron chi connectivity index (χ1n) is 7.41. The molecule has 0 fully saturated rings. The third-order valence-corrected chi connectivity index (χ3v) is 6.39. The summed E-state index contributed by atoms with van der Waals surface area (Å²) in [5.74, 6) is -0.544. The third-order valence-electron chi connectivity index (χ3n) is 3.53. The van der Waals surface area contributed by atoms with Crippen LogP contribution in [0.5, 0.6) is 0 Å². The first kappa shape index (κ1) is 19.6. The molecule has 0 heterocycles. The lowest BCUT2D eigenvalue weighted by molar-refractivity contribution is 0.0526. The number of hydrogen-bond acceptors (Lipinski definition) is 5. The van der Waals surface area contributed by atoms with Gasteiger partial charge in [-0.1, -0.05) is 11.6 Å². The summed E-state index contributed by atoms with van der Waals surface area (Å²) in [5, 5.41) is 0.135. The van der Waals surface area contributed by atoms with E-state index in [1.165, 1.54) is 37.0 Å². The van der Waals surface area contributed by atoms with Gasteiger partial charge in [0.15, 0.2) is 0 Å². The van der Waals surface area contributed by atoms with Gasteiger partial charge in [0.2, 0.25) is 0 Å². The van der Waals surface area contributed by atoms with E-state index in [1.54, 1.807) is 31.2 Å². The van der Waals surface area contributed by atoms with Crippen molar-refractivity contribution in [1.29, 1.82) is 0 Å². The van der Waals surface area contributed by atoms with E-state index in [2.05, 4.69) is 0 Å². The van der Waals surface area contributed by atoms with E-state index in [4.69, 9.17) is 16.3 Å². The fraction of sp³-hybridized carbons (Fsp3) is 0.235. The molecule has 2 aromatic rings. The molecule has 0 saturated heterocycles. The fourth-order valence-electron chi connectivity index (χ4n) is 2.12. The van der Waals surface area contributed by atoms with E-state index in [0.717, 1.165) is 9.20 Å². The molecule has 5 nitrogen and oxygen atoms in total. The van der Waals surface area contributed by atoms with E-state index in [9.17, 15) is 13.2 Å². The monoisotopic (exact) mass is 399 g/mol. The molecule has 0 spiro atoms. The van der Waals surface area contributed by atoms with Gasteiger partial charge in [0.05, 0.1) is 27.8 Å². The molecule has 25 heavy (non-hydrogen) atoms. The smallest absolute Gasteiger partial charge is 0.339 e. The quantitative estimate of drug-likeness (QED) is 0.541. The highest BCUT2D eigenvalue weighted by Crippen LogP contribution is 2.28. The second kappa shape index (κ2) is 8.12. The molecular formula is C17H18ClNO4S2. The second-order valence-electron chi connectivity index (χ2n) is 5.03. The Morgan fingerprint density at radius 1 is 1.20 bits per heavy atom. The second-order valence-corrected chi connectivity index (χ2v) is 8.29. The molecule has 2 aromatic carbocycles. The third kappa shape index (κ3) is 4.29. The number of hydrogen-bond donors (Lipinski definition) is 0. The van der Waals surface area contributed by atoms with Crippen LogP contribution in [0.25, 0.3) is 0 Å². The van der Waals surface area contributed by atoms with Gasteiger partial charge in [-0.25, -0.2) is 13.2 Å². The first-order chi connectivity index (χ1) is 11.8. The zero-order valence-electron chi connectivity index (χ0n) is 14.0. The van der Waals surface area contributed by atoms with Crippen LogP contribution in [0.4, 0.5) is 5.69 Å². The van der Waals surface area contributed by atoms with E-state index < -0.39 is 16.0 Å². The maximum Gasteiger partial charge on any atom is 0.339 e. The molecule has 0 amide bonds. The van der Waals surface area contributed by atoms with Crippen LogP contribution in [-0.2, 0) is 14.8 Å². The topological polar surface area (TPSA) is 63.7 Å². The normalized spacial score (nSPS) is 11.2. The van der Waals surface area contributed by atoms with Crippen LogP contribution >= 0.6 is 23.4 Å². The maximum absolute atomic E-state index is 12.7. The van der Waals surface area contributed by atoms with Crippen molar-refractivity contribution in [1.82, 2.24) is 0 Å². The van der Waals surface area contributed by atoms with Crippen LogP contribution < -0.4 is 4.31 Å². The standard InChI is InChI=1S/C17H18ClNO4S2/c1-4-23-17(20)15-10-5-12(11-16(15)18)19(2)25(21,22)14-8-6-13(24-3)7-9-14/h5-11H,4H2,1-3H3. The van der Waals surface area contributed by atoms with Gasteiger partial charge in [-0.3, -0.25) is 4.31 Å². The van der Waals surface area contributed by atoms with Crippen molar-refractivity contribution < 1.29 is 17.9 Å². The van der Waals surface area contributed by atoms with Crippen LogP contribution in [0.15, 0.2) is 52.3 Å². The molecule has 2 rings (SSSR count). The highest BCUT2D eigenvalue weighted by molar-refractivity contribution is 7.98. The molecule has 0 N–H and O–H groups in total. The Labute approximate surface area is 157 Å². The van der Waals surface area contributed by atoms with Crippen LogP contribution in [0.2, 0.25) is 5.02 Å². The number of carbonyl (C=O) groups excluding carboxylic acids is 1. The van der Waals surface area contributed by atoms with Gasteiger partial charge in [0, 0.05) is 11.9 Å². The van der Waals surface area contributed by atoms with Crippen molar-refractivity contribution in [2.24, 2.45) is 0 Å². The highest BCUT2D eigenvalue weighted by Gasteiger charge is 2.22. The molecule has 8 heteroatoms. The highest BCUT2D eigenvalue weighted by atomic mass is 35.5. The van der Waals surface area contributed by atoms with E-state index in [0.29, 0.717) is 5.69 Å². The van der Waals surface area contributed by atoms with Crippen molar-refractivity contribution in [3.63, 3.8) is 0 Å². The molecule has 0 aromatic heterocycles. The largest absolute Gasteiger partial charge is 0.462 e. The number of sulfonamides is 1. The van der Waals surface area contributed by atoms with Gasteiger partial charge in [-0.2, -0.15) is 0 Å². The van der Waals surface area contributed by atoms with Gasteiger partial charge >= 0.3 is 5.97 Å². The number of esters is 1. The van der Waals surface area contributed by atoms with E-state index in [-0.39, 0.29) is 22.1 Å². The summed E-state index contributed by atoms with van der Waals surface area (Å²) in [5.41, 5.74) is 0.550. The Kier molecular flexibility index (Phi) is 6.37. The van der Waals surface area contributed by atoms with Crippen molar-refractivity contribution in [2.75, 3.05) is 24.2 Å². The van der Waals surface area contributed by atoms with Crippen molar-refractivity contribution in [2.45, 2.75) is 16.7 Å². The number of halogens is 1. The van der Waals surface area contributed by atoms with E-state index in [1.807, 2.05) is 6.26 Å². The van der Waals surface area contributed by atoms with Crippen molar-refractivity contribution in [3.05, 3.63) is 53.1 Å².